The molecule has 5 rings (SSSR count). The van der Waals surface area contributed by atoms with Crippen molar-refractivity contribution in [2.75, 3.05) is 40.9 Å². The second-order valence-electron chi connectivity index (χ2n) is 9.48. The molecule has 0 N–H and O–H groups in total. The maximum atomic E-state index is 13.8. The lowest BCUT2D eigenvalue weighted by atomic mass is 9.92. The summed E-state index contributed by atoms with van der Waals surface area (Å²) in [7, 11) is 0. The topological polar surface area (TPSA) is 39.7 Å². The molecule has 32 heavy (non-hydrogen) atoms. The quantitative estimate of drug-likeness (QED) is 0.616. The molecular weight excluding hydrogens is 403 g/mol. The molecule has 6 heteroatoms. The van der Waals surface area contributed by atoms with Crippen molar-refractivity contribution < 1.29 is 9.18 Å². The van der Waals surface area contributed by atoms with Gasteiger partial charge in [0.2, 0.25) is 0 Å². The van der Waals surface area contributed by atoms with Gasteiger partial charge in [0.15, 0.2) is 0 Å². The average molecular weight is 437 g/mol. The van der Waals surface area contributed by atoms with Gasteiger partial charge in [-0.25, -0.2) is 9.37 Å². The van der Waals surface area contributed by atoms with Gasteiger partial charge in [0.05, 0.1) is 12.1 Å². The Hall–Kier alpha value is -2.63. The fourth-order valence-corrected chi connectivity index (χ4v) is 5.99. The molecule has 3 saturated heterocycles. The lowest BCUT2D eigenvalue weighted by Crippen LogP contribution is -2.50. The zero-order valence-corrected chi connectivity index (χ0v) is 18.7. The number of aldehydes is 1. The third kappa shape index (κ3) is 4.32. The van der Waals surface area contributed by atoms with Crippen LogP contribution in [0.5, 0.6) is 0 Å². The summed E-state index contributed by atoms with van der Waals surface area (Å²) < 4.78 is 13.8. The number of carbonyl (C=O) groups is 1. The second-order valence-corrected chi connectivity index (χ2v) is 9.48. The molecule has 3 aliphatic rings. The van der Waals surface area contributed by atoms with Gasteiger partial charge >= 0.3 is 0 Å². The largest absolute Gasteiger partial charge is 0.371 e. The Morgan fingerprint density at radius 2 is 1.78 bits per heavy atom. The number of piperidine rings is 2. The zero-order chi connectivity index (χ0) is 21.9. The van der Waals surface area contributed by atoms with Crippen LogP contribution in [0.15, 0.2) is 42.6 Å². The van der Waals surface area contributed by atoms with E-state index in [-0.39, 0.29) is 5.82 Å². The molecule has 0 saturated carbocycles. The molecule has 1 aromatic heterocycles. The van der Waals surface area contributed by atoms with Crippen molar-refractivity contribution >= 4 is 23.5 Å². The van der Waals surface area contributed by atoms with Gasteiger partial charge in [-0.1, -0.05) is 6.07 Å². The lowest BCUT2D eigenvalue weighted by molar-refractivity contribution is -0.108. The first kappa shape index (κ1) is 21.2. The van der Waals surface area contributed by atoms with Crippen molar-refractivity contribution in [3.63, 3.8) is 0 Å². The summed E-state index contributed by atoms with van der Waals surface area (Å²) in [6.07, 6.45) is 10.4. The minimum absolute atomic E-state index is 0.163. The van der Waals surface area contributed by atoms with E-state index in [1.807, 2.05) is 18.3 Å². The van der Waals surface area contributed by atoms with Crippen LogP contribution in [-0.4, -0.2) is 49.5 Å². The fourth-order valence-electron chi connectivity index (χ4n) is 5.99. The predicted octanol–water partition coefficient (Wildman–Crippen LogP) is 4.66. The highest BCUT2D eigenvalue weighted by molar-refractivity contribution is 5.58. The summed E-state index contributed by atoms with van der Waals surface area (Å²) in [5.74, 6) is 1.58. The van der Waals surface area contributed by atoms with Crippen LogP contribution >= 0.6 is 0 Å². The molecule has 0 spiro atoms. The molecule has 0 amide bonds. The van der Waals surface area contributed by atoms with E-state index in [1.54, 1.807) is 6.07 Å². The molecule has 1 aromatic carbocycles. The van der Waals surface area contributed by atoms with Gasteiger partial charge in [-0.2, -0.15) is 0 Å². The van der Waals surface area contributed by atoms with E-state index < -0.39 is 0 Å². The van der Waals surface area contributed by atoms with E-state index in [9.17, 15) is 9.18 Å². The van der Waals surface area contributed by atoms with E-state index in [0.717, 1.165) is 82.5 Å². The Bertz CT molecular complexity index is 930. The van der Waals surface area contributed by atoms with Gasteiger partial charge in [0.25, 0.3) is 0 Å². The molecule has 0 bridgehead atoms. The molecule has 3 fully saturated rings. The molecule has 170 valence electrons. The summed E-state index contributed by atoms with van der Waals surface area (Å²) in [6, 6.07) is 12.3. The summed E-state index contributed by atoms with van der Waals surface area (Å²) in [4.78, 5) is 22.8. The zero-order valence-electron chi connectivity index (χ0n) is 18.7. The van der Waals surface area contributed by atoms with Gasteiger partial charge in [0, 0.05) is 56.2 Å². The Labute approximate surface area is 190 Å². The first-order valence-corrected chi connectivity index (χ1v) is 12.2. The number of benzene rings is 1. The minimum Gasteiger partial charge on any atom is -0.371 e. The first-order chi connectivity index (χ1) is 15.7. The first-order valence-electron chi connectivity index (χ1n) is 12.2. The monoisotopic (exact) mass is 436 g/mol. The number of pyridine rings is 1. The number of rotatable bonds is 6. The summed E-state index contributed by atoms with van der Waals surface area (Å²) >= 11 is 0. The van der Waals surface area contributed by atoms with Gasteiger partial charge in [-0.3, -0.25) is 0 Å². The summed E-state index contributed by atoms with van der Waals surface area (Å²) in [5, 5.41) is 0. The highest BCUT2D eigenvalue weighted by Gasteiger charge is 2.41. The lowest BCUT2D eigenvalue weighted by Gasteiger charge is -2.41. The van der Waals surface area contributed by atoms with Gasteiger partial charge in [0.1, 0.15) is 17.9 Å². The molecule has 0 radical (unpaired) electrons. The van der Waals surface area contributed by atoms with Crippen LogP contribution in [0, 0.1) is 11.7 Å². The minimum atomic E-state index is -0.163. The molecule has 5 nitrogen and oxygen atoms in total. The van der Waals surface area contributed by atoms with E-state index >= 15 is 0 Å². The third-order valence-corrected chi connectivity index (χ3v) is 7.65. The third-order valence-electron chi connectivity index (χ3n) is 7.65. The van der Waals surface area contributed by atoms with Crippen molar-refractivity contribution in [2.45, 2.75) is 57.0 Å². The second kappa shape index (κ2) is 9.47. The maximum Gasteiger partial charge on any atom is 0.130 e. The number of hydrogen-bond acceptors (Lipinski definition) is 5. The molecule has 0 unspecified atom stereocenters. The van der Waals surface area contributed by atoms with Gasteiger partial charge in [-0.15, -0.1) is 0 Å². The fraction of sp³-hybridized carbons (Fsp3) is 0.538. The van der Waals surface area contributed by atoms with Crippen molar-refractivity contribution in [1.82, 2.24) is 4.98 Å². The van der Waals surface area contributed by atoms with Gasteiger partial charge in [-0.05, 0) is 68.7 Å². The molecule has 2 atom stereocenters. The number of halogens is 1. The molecule has 0 aliphatic carbocycles. The Morgan fingerprint density at radius 1 is 0.938 bits per heavy atom. The molecule has 3 aliphatic heterocycles. The molecule has 4 heterocycles. The van der Waals surface area contributed by atoms with Crippen LogP contribution in [0.3, 0.4) is 0 Å². The Kier molecular flexibility index (Phi) is 6.28. The number of anilines is 3. The smallest absolute Gasteiger partial charge is 0.130 e. The van der Waals surface area contributed by atoms with Crippen molar-refractivity contribution in [3.05, 3.63) is 48.4 Å². The van der Waals surface area contributed by atoms with Crippen LogP contribution in [0.25, 0.3) is 0 Å². The van der Waals surface area contributed by atoms with E-state index in [1.165, 1.54) is 11.8 Å². The van der Waals surface area contributed by atoms with Crippen LogP contribution in [0.1, 0.15) is 44.9 Å². The summed E-state index contributed by atoms with van der Waals surface area (Å²) in [6.45, 7) is 4.08. The van der Waals surface area contributed by atoms with E-state index in [2.05, 4.69) is 26.8 Å². The van der Waals surface area contributed by atoms with Crippen LogP contribution in [0.4, 0.5) is 21.6 Å². The van der Waals surface area contributed by atoms with Crippen molar-refractivity contribution in [3.8, 4) is 0 Å². The molecular formula is C26H33FN4O. The van der Waals surface area contributed by atoms with E-state index in [4.69, 9.17) is 4.98 Å². The molecule has 2 aromatic rings. The Balaban J connectivity index is 1.28. The van der Waals surface area contributed by atoms with Crippen LogP contribution in [0.2, 0.25) is 0 Å². The number of nitrogens with zero attached hydrogens (tertiary/aromatic N) is 4. The maximum absolute atomic E-state index is 13.8. The highest BCUT2D eigenvalue weighted by atomic mass is 19.1. The van der Waals surface area contributed by atoms with Crippen LogP contribution in [-0.2, 0) is 4.79 Å². The SMILES string of the molecule is O=CCCC1CCN(c2ccnc(N3CC[C@@H]4[C@H]3CCCN4c3cccc(F)c3)c2)CC1. The standard InChI is InChI=1S/C26H33FN4O/c27-21-5-1-6-23(18-21)30-13-2-7-24-25(30)11-16-31(24)26-19-22(8-12-28-26)29-14-9-20(10-15-29)4-3-17-32/h1,5-6,8,12,17-20,24-25H,2-4,7,9-11,13-16H2/t24-,25-/m1/s1. The Morgan fingerprint density at radius 3 is 2.59 bits per heavy atom. The van der Waals surface area contributed by atoms with Crippen molar-refractivity contribution in [2.24, 2.45) is 5.92 Å². The number of carbonyl (C=O) groups excluding carboxylic acids is 1. The normalized spacial score (nSPS) is 24.0. The number of hydrogen-bond donors (Lipinski definition) is 0. The summed E-state index contributed by atoms with van der Waals surface area (Å²) in [5.41, 5.74) is 2.26. The number of fused-ring (bicyclic) bond motifs is 1. The number of aromatic nitrogens is 1. The average Bonchev–Trinajstić information content (AvgIpc) is 3.27. The van der Waals surface area contributed by atoms with Gasteiger partial charge < -0.3 is 19.5 Å². The van der Waals surface area contributed by atoms with E-state index in [0.29, 0.717) is 24.4 Å². The van der Waals surface area contributed by atoms with Crippen LogP contribution < -0.4 is 14.7 Å². The van der Waals surface area contributed by atoms with Crippen molar-refractivity contribution in [1.29, 1.82) is 0 Å². The predicted molar refractivity (Wildman–Crippen MR) is 127 cm³/mol. The highest BCUT2D eigenvalue weighted by Crippen LogP contribution is 2.37.